The van der Waals surface area contributed by atoms with Crippen LogP contribution in [0.2, 0.25) is 0 Å². The molecule has 11 rings (SSSR count). The Morgan fingerprint density at radius 3 is 1.02 bits per heavy atom. The van der Waals surface area contributed by atoms with Crippen LogP contribution >= 0.6 is 22.7 Å². The van der Waals surface area contributed by atoms with Gasteiger partial charge in [-0.25, -0.2) is 15.0 Å². The fourth-order valence-electron chi connectivity index (χ4n) is 4.36. The number of oxazole rings is 3. The van der Waals surface area contributed by atoms with Gasteiger partial charge in [0.2, 0.25) is 0 Å². The van der Waals surface area contributed by atoms with E-state index in [0.717, 1.165) is 35.9 Å². The summed E-state index contributed by atoms with van der Waals surface area (Å²) in [7, 11) is 2.00. The van der Waals surface area contributed by atoms with Crippen LogP contribution in [0.15, 0.2) is 227 Å². The number of aromatic nitrogens is 4. The first kappa shape index (κ1) is 156. The molecule has 0 atom stereocenters. The number of allylic oxidation sites excluding steroid dienone is 12. The molecule has 0 spiro atoms. The van der Waals surface area contributed by atoms with Gasteiger partial charge in [-0.15, -0.1) is 11.3 Å². The van der Waals surface area contributed by atoms with Crippen molar-refractivity contribution in [1.29, 1.82) is 0 Å². The molecule has 0 aromatic carbocycles. The second kappa shape index (κ2) is 151. The van der Waals surface area contributed by atoms with Crippen LogP contribution in [-0.2, 0) is 7.05 Å². The fraction of sp³-hybridized carbons (Fsp3) is 0.534. The van der Waals surface area contributed by atoms with Crippen LogP contribution in [-0.4, -0.2) is 19.5 Å². The third-order valence-corrected chi connectivity index (χ3v) is 9.55. The van der Waals surface area contributed by atoms with Crippen LogP contribution < -0.4 is 0 Å². The SMILES string of the molecule is C.C.C.C.C.C.C.C.C.C.C.CC.CC.CC.CC.CC.CC.CC.CC.CC.CC.CC.CC1=CC=CC1.CC1=CCC=C1.CC1=CCC=C1.Cc1ccco1.Cc1cccs1.Cc1ccoc1.Cc1ccsc1.Cc1cnco1.Cc1cocn1.Cc1ncco1.Cn1cccc1. The van der Waals surface area contributed by atoms with Crippen LogP contribution in [0.25, 0.3) is 0 Å². The lowest BCUT2D eigenvalue weighted by atomic mass is 10.3. The Labute approximate surface area is 634 Å². The van der Waals surface area contributed by atoms with E-state index >= 15 is 0 Å². The molecule has 0 fully saturated rings. The Hall–Kier alpha value is -6.69. The minimum Gasteiger partial charge on any atom is -0.472 e. The first-order valence-corrected chi connectivity index (χ1v) is 34.3. The van der Waals surface area contributed by atoms with Gasteiger partial charge >= 0.3 is 0 Å². The topological polar surface area (TPSA) is 109 Å². The second-order valence-electron chi connectivity index (χ2n) is 14.5. The molecule has 8 aromatic rings. The van der Waals surface area contributed by atoms with Crippen LogP contribution in [0.3, 0.4) is 0 Å². The van der Waals surface area contributed by atoms with Crippen molar-refractivity contribution in [1.82, 2.24) is 19.5 Å². The maximum atomic E-state index is 4.83. The molecular weight excluding hydrogens is 1260 g/mol. The normalized spacial score (nSPS) is 8.31. The standard InChI is InChI=1S/3C6H8.C5H7N.2C5H6O.2C5H6S.3C4H5NO.11C2H6.11CH4/c4*1-6-4-2-3-5-6;1-5-2-3-6-4-5;1-5-3-2-4-6-5;1-5-2-3-6-4-5;1-5-3-2-4-6-5;1-4-2-6-3-5-4;1-4-2-5-3-6-4;1-4-5-2-3-6-4;11*1-2;;;;;;;;;;;/h2*2,4-5H,3H2,1H3;2-4H,5H2,1H3;2-5H,1H3;4*2-4H,1H3;3*2-3H,1H3;11*1-2H3;11*1H4. The first-order chi connectivity index (χ1) is 42.8. The van der Waals surface area contributed by atoms with Gasteiger partial charge in [0.1, 0.15) is 24.0 Å². The van der Waals surface area contributed by atoms with E-state index in [1.165, 1.54) is 51.9 Å². The molecule has 8 heterocycles. The highest BCUT2D eigenvalue weighted by Crippen LogP contribution is 2.08. The van der Waals surface area contributed by atoms with Crippen molar-refractivity contribution >= 4 is 22.7 Å². The van der Waals surface area contributed by atoms with Gasteiger partial charge in [0, 0.05) is 31.2 Å². The zero-order chi connectivity index (χ0) is 70.5. The number of nitrogens with zero attached hydrogens (tertiary/aromatic N) is 4. The summed E-state index contributed by atoms with van der Waals surface area (Å²) in [4.78, 5) is 12.5. The Kier molecular flexibility index (Phi) is 237. The third-order valence-electron chi connectivity index (χ3n) is 7.94. The molecule has 0 aliphatic heterocycles. The molecule has 594 valence electrons. The smallest absolute Gasteiger partial charge is 0.190 e. The van der Waals surface area contributed by atoms with Crippen LogP contribution in [0.4, 0.5) is 0 Å². The Morgan fingerprint density at radius 2 is 0.919 bits per heavy atom. The molecule has 3 aliphatic carbocycles. The van der Waals surface area contributed by atoms with Crippen molar-refractivity contribution in [3.05, 3.63) is 244 Å². The highest BCUT2D eigenvalue weighted by molar-refractivity contribution is 7.09. The quantitative estimate of drug-likeness (QED) is 0.148. The summed E-state index contributed by atoms with van der Waals surface area (Å²) >= 11 is 3.52. The zero-order valence-electron chi connectivity index (χ0n) is 62.7. The van der Waals surface area contributed by atoms with Crippen molar-refractivity contribution in [3.63, 3.8) is 0 Å². The number of rotatable bonds is 0. The number of aryl methyl sites for hydroxylation is 8. The summed E-state index contributed by atoms with van der Waals surface area (Å²) in [5.41, 5.74) is 7.73. The Morgan fingerprint density at radius 1 is 0.434 bits per heavy atom. The molecule has 3 aliphatic rings. The zero-order valence-corrected chi connectivity index (χ0v) is 64.3. The van der Waals surface area contributed by atoms with Crippen LogP contribution in [0.1, 0.15) is 313 Å². The molecule has 0 radical (unpaired) electrons. The van der Waals surface area contributed by atoms with E-state index in [4.69, 9.17) is 17.7 Å². The van der Waals surface area contributed by atoms with Crippen LogP contribution in [0.5, 0.6) is 0 Å². The largest absolute Gasteiger partial charge is 0.472 e. The van der Waals surface area contributed by atoms with Gasteiger partial charge < -0.3 is 26.7 Å². The summed E-state index contributed by atoms with van der Waals surface area (Å²) in [6, 6.07) is 16.0. The summed E-state index contributed by atoms with van der Waals surface area (Å²) in [6.07, 6.45) is 41.2. The van der Waals surface area contributed by atoms with E-state index in [1.807, 2.05) is 234 Å². The summed E-state index contributed by atoms with van der Waals surface area (Å²) in [6.45, 7) is 64.0. The lowest BCUT2D eigenvalue weighted by Crippen LogP contribution is -1.75. The molecule has 0 amide bonds. The molecule has 11 heteroatoms. The van der Waals surface area contributed by atoms with E-state index in [0.29, 0.717) is 0 Å². The van der Waals surface area contributed by atoms with Gasteiger partial charge in [-0.1, -0.05) is 311 Å². The van der Waals surface area contributed by atoms with Gasteiger partial charge in [-0.2, -0.15) is 11.3 Å². The van der Waals surface area contributed by atoms with E-state index in [1.54, 1.807) is 73.3 Å². The van der Waals surface area contributed by atoms with Gasteiger partial charge in [-0.3, -0.25) is 0 Å². The molecule has 9 nitrogen and oxygen atoms in total. The first-order valence-electron chi connectivity index (χ1n) is 32.4. The summed E-state index contributed by atoms with van der Waals surface area (Å²) < 4.78 is 25.6. The number of hydrogen-bond acceptors (Lipinski definition) is 10. The van der Waals surface area contributed by atoms with Crippen molar-refractivity contribution in [2.45, 2.75) is 323 Å². The minimum absolute atomic E-state index is 0. The van der Waals surface area contributed by atoms with E-state index in [9.17, 15) is 0 Å². The molecule has 0 bridgehead atoms. The van der Waals surface area contributed by atoms with Gasteiger partial charge in [0.05, 0.1) is 36.9 Å². The second-order valence-corrected chi connectivity index (χ2v) is 16.4. The summed E-state index contributed by atoms with van der Waals surface area (Å²) in [5, 5.41) is 6.28. The lowest BCUT2D eigenvalue weighted by molar-refractivity contribution is 0.521. The fourth-order valence-corrected chi connectivity index (χ4v) is 5.55. The average molecular weight is 1440 g/mol. The Bertz CT molecular complexity index is 1950. The van der Waals surface area contributed by atoms with E-state index in [2.05, 4.69) is 143 Å². The third kappa shape index (κ3) is 147. The van der Waals surface area contributed by atoms with Crippen molar-refractivity contribution in [2.75, 3.05) is 0 Å². The number of hydrogen-bond donors (Lipinski definition) is 0. The molecule has 0 N–H and O–H groups in total. The van der Waals surface area contributed by atoms with Crippen molar-refractivity contribution in [3.8, 4) is 0 Å². The summed E-state index contributed by atoms with van der Waals surface area (Å²) in [5.74, 6) is 2.54. The van der Waals surface area contributed by atoms with Crippen molar-refractivity contribution < 1.29 is 22.1 Å². The van der Waals surface area contributed by atoms with Gasteiger partial charge in [0.15, 0.2) is 18.7 Å². The molecule has 0 saturated heterocycles. The maximum absolute atomic E-state index is 4.83. The van der Waals surface area contributed by atoms with E-state index in [-0.39, 0.29) is 81.7 Å². The van der Waals surface area contributed by atoms with E-state index < -0.39 is 0 Å². The van der Waals surface area contributed by atoms with Crippen LogP contribution in [0, 0.1) is 48.5 Å². The molecular formula is C88H180N4O5S2. The highest BCUT2D eigenvalue weighted by atomic mass is 32.1. The monoisotopic (exact) mass is 1440 g/mol. The number of furan rings is 2. The minimum atomic E-state index is 0. The predicted molar refractivity (Wildman–Crippen MR) is 476 cm³/mol. The Balaban J connectivity index is -0.0000000317. The molecule has 99 heavy (non-hydrogen) atoms. The van der Waals surface area contributed by atoms with Gasteiger partial charge in [0.25, 0.3) is 0 Å². The highest BCUT2D eigenvalue weighted by Gasteiger charge is 1.87. The average Bonchev–Trinajstić information content (AvgIpc) is 4.51. The predicted octanol–water partition coefficient (Wildman–Crippen LogP) is 35.2. The molecule has 0 saturated carbocycles. The lowest BCUT2D eigenvalue weighted by Gasteiger charge is -1.79. The van der Waals surface area contributed by atoms with Gasteiger partial charge in [-0.05, 0) is 151 Å². The maximum Gasteiger partial charge on any atom is 0.190 e. The number of thiophene rings is 2. The molecule has 0 unspecified atom stereocenters. The molecule has 8 aromatic heterocycles. The van der Waals surface area contributed by atoms with Crippen molar-refractivity contribution in [2.24, 2.45) is 7.05 Å².